The Labute approximate surface area is 122 Å². The van der Waals surface area contributed by atoms with Crippen molar-refractivity contribution in [2.45, 2.75) is 19.8 Å². The minimum absolute atomic E-state index is 0.243. The highest BCUT2D eigenvalue weighted by molar-refractivity contribution is 6.30. The van der Waals surface area contributed by atoms with E-state index in [9.17, 15) is 0 Å². The summed E-state index contributed by atoms with van der Waals surface area (Å²) < 4.78 is 0. The van der Waals surface area contributed by atoms with Crippen molar-refractivity contribution in [3.63, 3.8) is 0 Å². The summed E-state index contributed by atoms with van der Waals surface area (Å²) in [6.45, 7) is 4.16. The summed E-state index contributed by atoms with van der Waals surface area (Å²) in [5.74, 6) is 0.243. The van der Waals surface area contributed by atoms with E-state index in [0.29, 0.717) is 5.15 Å². The van der Waals surface area contributed by atoms with Crippen molar-refractivity contribution in [1.29, 1.82) is 0 Å². The lowest BCUT2D eigenvalue weighted by molar-refractivity contribution is 0.848. The highest BCUT2D eigenvalue weighted by Crippen LogP contribution is 2.31. The van der Waals surface area contributed by atoms with Gasteiger partial charge in [-0.2, -0.15) is 0 Å². The average molecular weight is 284 g/mol. The first kappa shape index (κ1) is 13.0. The molecule has 1 aromatic carbocycles. The number of halogens is 1. The molecule has 4 heteroatoms. The van der Waals surface area contributed by atoms with Crippen LogP contribution in [0.25, 0.3) is 22.3 Å². The lowest BCUT2D eigenvalue weighted by Gasteiger charge is -2.12. The van der Waals surface area contributed by atoms with Gasteiger partial charge in [-0.05, 0) is 18.1 Å². The number of hydrogen-bond acceptors (Lipinski definition) is 3. The first-order valence-electron chi connectivity index (χ1n) is 6.53. The summed E-state index contributed by atoms with van der Waals surface area (Å²) in [4.78, 5) is 13.1. The first-order valence-corrected chi connectivity index (χ1v) is 6.91. The molecule has 3 rings (SSSR count). The molecule has 0 fully saturated rings. The highest BCUT2D eigenvalue weighted by Gasteiger charge is 2.16. The van der Waals surface area contributed by atoms with Crippen LogP contribution in [-0.4, -0.2) is 15.0 Å². The van der Waals surface area contributed by atoms with Crippen LogP contribution in [0.2, 0.25) is 5.15 Å². The van der Waals surface area contributed by atoms with E-state index in [2.05, 4.69) is 34.9 Å². The van der Waals surface area contributed by atoms with Crippen LogP contribution in [0, 0.1) is 0 Å². The van der Waals surface area contributed by atoms with E-state index in [0.717, 1.165) is 27.9 Å². The molecule has 0 bridgehead atoms. The van der Waals surface area contributed by atoms with Gasteiger partial charge in [0.25, 0.3) is 0 Å². The molecule has 100 valence electrons. The Hall–Kier alpha value is -2.00. The number of pyridine rings is 1. The number of fused-ring (bicyclic) bond motifs is 1. The van der Waals surface area contributed by atoms with Gasteiger partial charge < -0.3 is 0 Å². The number of aromatic nitrogens is 3. The van der Waals surface area contributed by atoms with Gasteiger partial charge in [-0.1, -0.05) is 49.7 Å². The van der Waals surface area contributed by atoms with Crippen LogP contribution in [0.5, 0.6) is 0 Å². The molecule has 2 heterocycles. The van der Waals surface area contributed by atoms with E-state index >= 15 is 0 Å². The van der Waals surface area contributed by atoms with Crippen LogP contribution in [-0.2, 0) is 0 Å². The molecule has 0 unspecified atom stereocenters. The van der Waals surface area contributed by atoms with Gasteiger partial charge in [0.15, 0.2) is 0 Å². The van der Waals surface area contributed by atoms with Crippen LogP contribution in [0.15, 0.2) is 42.7 Å². The summed E-state index contributed by atoms with van der Waals surface area (Å²) in [6.07, 6.45) is 1.49. The molecule has 0 amide bonds. The molecule has 0 aliphatic heterocycles. The Morgan fingerprint density at radius 2 is 1.80 bits per heavy atom. The summed E-state index contributed by atoms with van der Waals surface area (Å²) >= 11 is 6.21. The van der Waals surface area contributed by atoms with Gasteiger partial charge in [0.05, 0.1) is 16.9 Å². The lowest BCUT2D eigenvalue weighted by Crippen LogP contribution is -2.00. The maximum Gasteiger partial charge on any atom is 0.136 e. The maximum absolute atomic E-state index is 6.21. The van der Waals surface area contributed by atoms with E-state index < -0.39 is 0 Å². The molecule has 0 radical (unpaired) electrons. The molecule has 3 aromatic rings. The van der Waals surface area contributed by atoms with Crippen molar-refractivity contribution in [3.8, 4) is 11.4 Å². The smallest absolute Gasteiger partial charge is 0.136 e. The zero-order valence-electron chi connectivity index (χ0n) is 11.3. The molecule has 0 saturated heterocycles. The molecule has 0 saturated carbocycles. The third-order valence-electron chi connectivity index (χ3n) is 3.25. The van der Waals surface area contributed by atoms with Gasteiger partial charge in [0.2, 0.25) is 0 Å². The van der Waals surface area contributed by atoms with Crippen molar-refractivity contribution in [3.05, 3.63) is 53.4 Å². The van der Waals surface area contributed by atoms with Crippen LogP contribution in [0.3, 0.4) is 0 Å². The van der Waals surface area contributed by atoms with Crippen molar-refractivity contribution >= 4 is 22.5 Å². The Morgan fingerprint density at radius 3 is 2.60 bits per heavy atom. The Balaban J connectivity index is 2.23. The number of benzene rings is 1. The Kier molecular flexibility index (Phi) is 3.36. The molecule has 20 heavy (non-hydrogen) atoms. The average Bonchev–Trinajstić information content (AvgIpc) is 2.46. The predicted molar refractivity (Wildman–Crippen MR) is 81.9 cm³/mol. The van der Waals surface area contributed by atoms with Gasteiger partial charge >= 0.3 is 0 Å². The van der Waals surface area contributed by atoms with Gasteiger partial charge in [0, 0.05) is 10.9 Å². The highest BCUT2D eigenvalue weighted by atomic mass is 35.5. The summed E-state index contributed by atoms with van der Waals surface area (Å²) in [6, 6.07) is 12.1. The van der Waals surface area contributed by atoms with Gasteiger partial charge in [-0.15, -0.1) is 0 Å². The van der Waals surface area contributed by atoms with E-state index in [1.807, 2.05) is 30.3 Å². The second-order valence-electron chi connectivity index (χ2n) is 4.97. The Bertz CT molecular complexity index is 769. The largest absolute Gasteiger partial charge is 0.246 e. The number of rotatable bonds is 2. The van der Waals surface area contributed by atoms with Crippen molar-refractivity contribution < 1.29 is 0 Å². The molecule has 0 N–H and O–H groups in total. The molecule has 0 spiro atoms. The predicted octanol–water partition coefficient (Wildman–Crippen LogP) is 4.47. The summed E-state index contributed by atoms with van der Waals surface area (Å²) in [5.41, 5.74) is 3.54. The second-order valence-corrected chi connectivity index (χ2v) is 5.33. The number of hydrogen-bond donors (Lipinski definition) is 0. The van der Waals surface area contributed by atoms with Crippen molar-refractivity contribution in [1.82, 2.24) is 15.0 Å². The van der Waals surface area contributed by atoms with Crippen molar-refractivity contribution in [2.75, 3.05) is 0 Å². The minimum atomic E-state index is 0.243. The lowest BCUT2D eigenvalue weighted by atomic mass is 10.0. The summed E-state index contributed by atoms with van der Waals surface area (Å²) in [7, 11) is 0. The third-order valence-corrected chi connectivity index (χ3v) is 3.55. The topological polar surface area (TPSA) is 38.7 Å². The number of nitrogens with zero attached hydrogens (tertiary/aromatic N) is 3. The third kappa shape index (κ3) is 2.25. The molecule has 0 aliphatic rings. The molecule has 2 aromatic heterocycles. The molecular formula is C16H14ClN3. The van der Waals surface area contributed by atoms with E-state index in [1.54, 1.807) is 0 Å². The van der Waals surface area contributed by atoms with E-state index in [1.165, 1.54) is 6.33 Å². The van der Waals surface area contributed by atoms with Crippen LogP contribution in [0.1, 0.15) is 25.3 Å². The van der Waals surface area contributed by atoms with E-state index in [-0.39, 0.29) is 5.92 Å². The normalized spacial score (nSPS) is 11.2. The standard InChI is InChI=1S/C16H14ClN3/c1-10(2)14-15(18-9-19-16(14)17)13-8-7-11-5-3-4-6-12(11)20-13/h3-10H,1-2H3. The van der Waals surface area contributed by atoms with Gasteiger partial charge in [-0.3, -0.25) is 0 Å². The van der Waals surface area contributed by atoms with Crippen molar-refractivity contribution in [2.24, 2.45) is 0 Å². The molecule has 3 nitrogen and oxygen atoms in total. The molecular weight excluding hydrogens is 270 g/mol. The molecule has 0 aliphatic carbocycles. The summed E-state index contributed by atoms with van der Waals surface area (Å²) in [5, 5.41) is 1.61. The fraction of sp³-hybridized carbons (Fsp3) is 0.188. The first-order chi connectivity index (χ1) is 9.66. The fourth-order valence-corrected chi connectivity index (χ4v) is 2.64. The zero-order valence-corrected chi connectivity index (χ0v) is 12.1. The quantitative estimate of drug-likeness (QED) is 0.651. The van der Waals surface area contributed by atoms with Gasteiger partial charge in [0.1, 0.15) is 11.5 Å². The van der Waals surface area contributed by atoms with Gasteiger partial charge in [-0.25, -0.2) is 15.0 Å². The second kappa shape index (κ2) is 5.17. The van der Waals surface area contributed by atoms with Crippen LogP contribution in [0.4, 0.5) is 0 Å². The molecule has 0 atom stereocenters. The number of para-hydroxylation sites is 1. The van der Waals surface area contributed by atoms with Crippen LogP contribution >= 0.6 is 11.6 Å². The zero-order chi connectivity index (χ0) is 14.1. The Morgan fingerprint density at radius 1 is 1.00 bits per heavy atom. The monoisotopic (exact) mass is 283 g/mol. The van der Waals surface area contributed by atoms with E-state index in [4.69, 9.17) is 11.6 Å². The van der Waals surface area contributed by atoms with Crippen LogP contribution < -0.4 is 0 Å². The SMILES string of the molecule is CC(C)c1c(Cl)ncnc1-c1ccc2ccccc2n1. The fourth-order valence-electron chi connectivity index (χ4n) is 2.29. The maximum atomic E-state index is 6.21. The minimum Gasteiger partial charge on any atom is -0.246 e.